The summed E-state index contributed by atoms with van der Waals surface area (Å²) >= 11 is 0. The van der Waals surface area contributed by atoms with Gasteiger partial charge >= 0.3 is 0 Å². The summed E-state index contributed by atoms with van der Waals surface area (Å²) in [6.07, 6.45) is 1.09. The van der Waals surface area contributed by atoms with E-state index in [1.807, 2.05) is 43.3 Å². The number of nitrogens with one attached hydrogen (secondary N) is 2. The maximum Gasteiger partial charge on any atom is 0.238 e. The van der Waals surface area contributed by atoms with Crippen LogP contribution in [0, 0.1) is 5.92 Å². The Morgan fingerprint density at radius 1 is 1.21 bits per heavy atom. The van der Waals surface area contributed by atoms with E-state index in [2.05, 4.69) is 24.5 Å². The van der Waals surface area contributed by atoms with Crippen molar-refractivity contribution in [2.75, 3.05) is 37.4 Å². The molecule has 2 N–H and O–H groups in total. The second-order valence-electron chi connectivity index (χ2n) is 5.35. The molecule has 106 valence electrons. The molecule has 0 heterocycles. The van der Waals surface area contributed by atoms with Crippen molar-refractivity contribution >= 4 is 17.3 Å². The first-order valence-corrected chi connectivity index (χ1v) is 6.77. The number of amides is 1. The van der Waals surface area contributed by atoms with Crippen LogP contribution in [-0.2, 0) is 4.79 Å². The van der Waals surface area contributed by atoms with E-state index in [9.17, 15) is 4.79 Å². The molecular formula is C15H25N3O. The summed E-state index contributed by atoms with van der Waals surface area (Å²) in [5.74, 6) is 0.662. The molecule has 0 aliphatic rings. The molecule has 0 unspecified atom stereocenters. The van der Waals surface area contributed by atoms with Gasteiger partial charge in [0.05, 0.1) is 6.54 Å². The molecule has 0 fully saturated rings. The Morgan fingerprint density at radius 2 is 1.84 bits per heavy atom. The predicted molar refractivity (Wildman–Crippen MR) is 81.7 cm³/mol. The SMILES string of the molecule is CC(C)CCNCC(=O)Nc1ccc(N(C)C)cc1. The molecule has 0 spiro atoms. The summed E-state index contributed by atoms with van der Waals surface area (Å²) in [5.41, 5.74) is 1.95. The van der Waals surface area contributed by atoms with Crippen LogP contribution in [0.15, 0.2) is 24.3 Å². The first kappa shape index (κ1) is 15.5. The van der Waals surface area contributed by atoms with Crippen molar-refractivity contribution in [1.82, 2.24) is 5.32 Å². The van der Waals surface area contributed by atoms with Crippen LogP contribution in [0.2, 0.25) is 0 Å². The first-order chi connectivity index (χ1) is 8.99. The molecule has 0 saturated heterocycles. The fourth-order valence-corrected chi connectivity index (χ4v) is 1.64. The number of nitrogens with zero attached hydrogens (tertiary/aromatic N) is 1. The lowest BCUT2D eigenvalue weighted by Crippen LogP contribution is -2.29. The second kappa shape index (κ2) is 7.79. The van der Waals surface area contributed by atoms with Crippen LogP contribution in [0.1, 0.15) is 20.3 Å². The molecule has 0 atom stereocenters. The molecular weight excluding hydrogens is 238 g/mol. The smallest absolute Gasteiger partial charge is 0.238 e. The van der Waals surface area contributed by atoms with Crippen molar-refractivity contribution in [3.8, 4) is 0 Å². The average Bonchev–Trinajstić information content (AvgIpc) is 2.35. The number of carbonyl (C=O) groups excluding carboxylic acids is 1. The quantitative estimate of drug-likeness (QED) is 0.742. The summed E-state index contributed by atoms with van der Waals surface area (Å²) in [6, 6.07) is 7.81. The van der Waals surface area contributed by atoms with Crippen molar-refractivity contribution in [3.63, 3.8) is 0 Å². The fraction of sp³-hybridized carbons (Fsp3) is 0.533. The van der Waals surface area contributed by atoms with Crippen LogP contribution in [0.25, 0.3) is 0 Å². The van der Waals surface area contributed by atoms with E-state index >= 15 is 0 Å². The highest BCUT2D eigenvalue weighted by Crippen LogP contribution is 2.15. The summed E-state index contributed by atoms with van der Waals surface area (Å²) < 4.78 is 0. The minimum atomic E-state index is 0.00126. The summed E-state index contributed by atoms with van der Waals surface area (Å²) in [4.78, 5) is 13.7. The highest BCUT2D eigenvalue weighted by molar-refractivity contribution is 5.92. The first-order valence-electron chi connectivity index (χ1n) is 6.77. The number of anilines is 2. The van der Waals surface area contributed by atoms with E-state index in [4.69, 9.17) is 0 Å². The zero-order chi connectivity index (χ0) is 14.3. The molecule has 19 heavy (non-hydrogen) atoms. The average molecular weight is 263 g/mol. The summed E-state index contributed by atoms with van der Waals surface area (Å²) in [5, 5.41) is 6.02. The third-order valence-electron chi connectivity index (χ3n) is 2.85. The molecule has 4 heteroatoms. The lowest BCUT2D eigenvalue weighted by atomic mass is 10.1. The predicted octanol–water partition coefficient (Wildman–Crippen LogP) is 2.33. The van der Waals surface area contributed by atoms with Gasteiger partial charge in [-0.2, -0.15) is 0 Å². The van der Waals surface area contributed by atoms with Crippen LogP contribution in [-0.4, -0.2) is 33.1 Å². The summed E-state index contributed by atoms with van der Waals surface area (Å²) in [6.45, 7) is 5.59. The largest absolute Gasteiger partial charge is 0.378 e. The number of carbonyl (C=O) groups is 1. The molecule has 0 aliphatic heterocycles. The van der Waals surface area contributed by atoms with Crippen molar-refractivity contribution in [2.24, 2.45) is 5.92 Å². The van der Waals surface area contributed by atoms with Gasteiger partial charge in [-0.1, -0.05) is 13.8 Å². The van der Waals surface area contributed by atoms with Gasteiger partial charge in [-0.25, -0.2) is 0 Å². The van der Waals surface area contributed by atoms with Crippen molar-refractivity contribution in [3.05, 3.63) is 24.3 Å². The lowest BCUT2D eigenvalue weighted by molar-refractivity contribution is -0.115. The highest BCUT2D eigenvalue weighted by atomic mass is 16.1. The Morgan fingerprint density at radius 3 is 2.37 bits per heavy atom. The molecule has 0 bridgehead atoms. The fourth-order valence-electron chi connectivity index (χ4n) is 1.64. The Labute approximate surface area is 116 Å². The Bertz CT molecular complexity index is 385. The second-order valence-corrected chi connectivity index (χ2v) is 5.35. The lowest BCUT2D eigenvalue weighted by Gasteiger charge is -2.13. The third-order valence-corrected chi connectivity index (χ3v) is 2.85. The van der Waals surface area contributed by atoms with Gasteiger partial charge in [-0.15, -0.1) is 0 Å². The van der Waals surface area contributed by atoms with E-state index in [1.54, 1.807) is 0 Å². The standard InChI is InChI=1S/C15H25N3O/c1-12(2)9-10-16-11-15(19)17-13-5-7-14(8-6-13)18(3)4/h5-8,12,16H,9-11H2,1-4H3,(H,17,19). The zero-order valence-corrected chi connectivity index (χ0v) is 12.4. The van der Waals surface area contributed by atoms with Gasteiger partial charge in [-0.3, -0.25) is 4.79 Å². The Kier molecular flexibility index (Phi) is 6.36. The van der Waals surface area contributed by atoms with Crippen molar-refractivity contribution < 1.29 is 4.79 Å². The van der Waals surface area contributed by atoms with Crippen LogP contribution in [0.5, 0.6) is 0 Å². The van der Waals surface area contributed by atoms with Crippen LogP contribution in [0.3, 0.4) is 0 Å². The van der Waals surface area contributed by atoms with Gasteiger partial charge in [0.2, 0.25) is 5.91 Å². The number of hydrogen-bond donors (Lipinski definition) is 2. The van der Waals surface area contributed by atoms with Gasteiger partial charge in [0.25, 0.3) is 0 Å². The van der Waals surface area contributed by atoms with Gasteiger partial charge in [0.15, 0.2) is 0 Å². The Balaban J connectivity index is 2.32. The van der Waals surface area contributed by atoms with Crippen LogP contribution < -0.4 is 15.5 Å². The van der Waals surface area contributed by atoms with E-state index in [1.165, 1.54) is 0 Å². The monoisotopic (exact) mass is 263 g/mol. The summed E-state index contributed by atoms with van der Waals surface area (Å²) in [7, 11) is 3.98. The van der Waals surface area contributed by atoms with E-state index in [0.717, 1.165) is 24.3 Å². The van der Waals surface area contributed by atoms with Gasteiger partial charge in [0.1, 0.15) is 0 Å². The Hall–Kier alpha value is -1.55. The minimum Gasteiger partial charge on any atom is -0.378 e. The minimum absolute atomic E-state index is 0.00126. The normalized spacial score (nSPS) is 10.6. The number of hydrogen-bond acceptors (Lipinski definition) is 3. The van der Waals surface area contributed by atoms with Crippen LogP contribution in [0.4, 0.5) is 11.4 Å². The molecule has 1 aromatic rings. The van der Waals surface area contributed by atoms with E-state index in [-0.39, 0.29) is 5.91 Å². The number of rotatable bonds is 7. The third kappa shape index (κ3) is 6.25. The molecule has 0 radical (unpaired) electrons. The molecule has 4 nitrogen and oxygen atoms in total. The van der Waals surface area contributed by atoms with Crippen molar-refractivity contribution in [2.45, 2.75) is 20.3 Å². The highest BCUT2D eigenvalue weighted by Gasteiger charge is 2.02. The van der Waals surface area contributed by atoms with E-state index in [0.29, 0.717) is 12.5 Å². The molecule has 1 amide bonds. The van der Waals surface area contributed by atoms with Gasteiger partial charge in [-0.05, 0) is 43.1 Å². The zero-order valence-electron chi connectivity index (χ0n) is 12.4. The van der Waals surface area contributed by atoms with E-state index < -0.39 is 0 Å². The van der Waals surface area contributed by atoms with Crippen LogP contribution >= 0.6 is 0 Å². The topological polar surface area (TPSA) is 44.4 Å². The number of benzene rings is 1. The molecule has 0 aromatic heterocycles. The maximum absolute atomic E-state index is 11.7. The molecule has 1 aromatic carbocycles. The van der Waals surface area contributed by atoms with Crippen molar-refractivity contribution in [1.29, 1.82) is 0 Å². The maximum atomic E-state index is 11.7. The van der Waals surface area contributed by atoms with Gasteiger partial charge < -0.3 is 15.5 Å². The molecule has 1 rings (SSSR count). The van der Waals surface area contributed by atoms with Gasteiger partial charge in [0, 0.05) is 25.5 Å². The molecule has 0 saturated carbocycles. The molecule has 0 aliphatic carbocycles.